The first kappa shape index (κ1) is 22.7. The third-order valence-corrected chi connectivity index (χ3v) is 7.20. The Balaban J connectivity index is 1.53. The van der Waals surface area contributed by atoms with Crippen LogP contribution in [-0.2, 0) is 9.53 Å². The van der Waals surface area contributed by atoms with Crippen LogP contribution >= 0.6 is 0 Å². The Labute approximate surface area is 209 Å². The minimum atomic E-state index is 0.0495. The Morgan fingerprint density at radius 1 is 1.11 bits per heavy atom. The lowest BCUT2D eigenvalue weighted by molar-refractivity contribution is -0.123. The van der Waals surface area contributed by atoms with Crippen LogP contribution in [0.1, 0.15) is 50.1 Å². The lowest BCUT2D eigenvalue weighted by atomic mass is 9.90. The van der Waals surface area contributed by atoms with Gasteiger partial charge in [-0.2, -0.15) is 5.10 Å². The van der Waals surface area contributed by atoms with E-state index in [2.05, 4.69) is 44.3 Å². The van der Waals surface area contributed by atoms with Gasteiger partial charge in [0.25, 0.3) is 0 Å². The van der Waals surface area contributed by atoms with Crippen LogP contribution in [0.5, 0.6) is 0 Å². The van der Waals surface area contributed by atoms with Gasteiger partial charge < -0.3 is 15.8 Å². The van der Waals surface area contributed by atoms with Crippen LogP contribution in [0.3, 0.4) is 0 Å². The van der Waals surface area contributed by atoms with E-state index in [1.54, 1.807) is 0 Å². The smallest absolute Gasteiger partial charge is 0.222 e. The summed E-state index contributed by atoms with van der Waals surface area (Å²) in [5.41, 5.74) is 11.1. The highest BCUT2D eigenvalue weighted by atomic mass is 16.5. The molecule has 1 aromatic carbocycles. The summed E-state index contributed by atoms with van der Waals surface area (Å²) in [6.07, 6.45) is 12.8. The highest BCUT2D eigenvalue weighted by Gasteiger charge is 2.29. The average Bonchev–Trinajstić information content (AvgIpc) is 3.30. The Morgan fingerprint density at radius 2 is 2.03 bits per heavy atom. The Morgan fingerprint density at radius 3 is 2.97 bits per heavy atom. The summed E-state index contributed by atoms with van der Waals surface area (Å²) in [5.74, 6) is 0.506. The van der Waals surface area contributed by atoms with E-state index in [9.17, 15) is 4.79 Å². The summed E-state index contributed by atoms with van der Waals surface area (Å²) in [4.78, 5) is 21.7. The number of para-hydroxylation sites is 1. The van der Waals surface area contributed by atoms with E-state index >= 15 is 0 Å². The molecule has 8 nitrogen and oxygen atoms in total. The van der Waals surface area contributed by atoms with E-state index in [1.807, 2.05) is 30.6 Å². The Kier molecular flexibility index (Phi) is 6.11. The number of carbonyl (C=O) groups is 1. The number of anilines is 1. The van der Waals surface area contributed by atoms with Gasteiger partial charge in [0.1, 0.15) is 11.5 Å². The van der Waals surface area contributed by atoms with Crippen molar-refractivity contribution in [3.8, 4) is 11.3 Å². The maximum absolute atomic E-state index is 12.5. The number of fused-ring (bicyclic) bond motifs is 4. The number of hydrogen-bond donors (Lipinski definition) is 2. The maximum atomic E-state index is 12.5. The number of nitrogens with one attached hydrogen (secondary N) is 1. The zero-order valence-corrected chi connectivity index (χ0v) is 20.2. The molecular weight excluding hydrogens is 452 g/mol. The molecule has 0 saturated heterocycles. The third-order valence-electron chi connectivity index (χ3n) is 7.20. The molecule has 1 saturated carbocycles. The largest absolute Gasteiger partial charge is 0.383 e. The lowest BCUT2D eigenvalue weighted by Gasteiger charge is -2.30. The molecule has 1 aliphatic carbocycles. The molecule has 0 unspecified atom stereocenters. The summed E-state index contributed by atoms with van der Waals surface area (Å²) < 4.78 is 7.80. The molecule has 0 spiro atoms. The minimum absolute atomic E-state index is 0.0495. The van der Waals surface area contributed by atoms with Gasteiger partial charge in [-0.25, -0.2) is 4.98 Å². The van der Waals surface area contributed by atoms with Crippen LogP contribution in [0.15, 0.2) is 48.8 Å². The van der Waals surface area contributed by atoms with Gasteiger partial charge >= 0.3 is 0 Å². The number of amides is 1. The van der Waals surface area contributed by atoms with E-state index < -0.39 is 0 Å². The van der Waals surface area contributed by atoms with Crippen molar-refractivity contribution >= 4 is 39.6 Å². The molecule has 36 heavy (non-hydrogen) atoms. The van der Waals surface area contributed by atoms with Crippen LogP contribution in [0, 0.1) is 0 Å². The van der Waals surface area contributed by atoms with Crippen molar-refractivity contribution in [1.29, 1.82) is 0 Å². The topological polar surface area (TPSA) is 108 Å². The average molecular weight is 483 g/mol. The van der Waals surface area contributed by atoms with Gasteiger partial charge in [0.05, 0.1) is 35.7 Å². The fourth-order valence-electron chi connectivity index (χ4n) is 5.45. The van der Waals surface area contributed by atoms with Gasteiger partial charge in [-0.1, -0.05) is 30.4 Å². The van der Waals surface area contributed by atoms with E-state index in [0.29, 0.717) is 25.5 Å². The molecule has 4 aromatic rings. The van der Waals surface area contributed by atoms with Crippen molar-refractivity contribution in [3.05, 3.63) is 54.4 Å². The second-order valence-electron chi connectivity index (χ2n) is 9.67. The normalized spacial score (nSPS) is 22.1. The molecule has 2 atom stereocenters. The maximum Gasteiger partial charge on any atom is 0.222 e. The monoisotopic (exact) mass is 482 g/mol. The van der Waals surface area contributed by atoms with E-state index in [-0.39, 0.29) is 18.0 Å². The number of pyridine rings is 2. The molecule has 2 aliphatic rings. The number of carbonyl (C=O) groups excluding carboxylic acids is 1. The standard InChI is InChI=1S/C28H30N6O2/c29-28-25-26(20-14-18-6-1-2-10-23(18)30-17-20)33-34-22-9-5-8-21(15-22)32-24(35)11-13-36-12-4-3-7-19(16-31-28)27(25)34/h1-3,6-7,10,14,16-17,21-22H,4-5,8-9,11-13,15H2,(H2,29,31)(H,32,35)/b7-3+/t21-,22-/m1/s1. The molecule has 184 valence electrons. The molecule has 1 amide bonds. The fourth-order valence-corrected chi connectivity index (χ4v) is 5.45. The predicted octanol–water partition coefficient (Wildman–Crippen LogP) is 4.65. The number of nitrogens with zero attached hydrogens (tertiary/aromatic N) is 4. The zero-order valence-electron chi connectivity index (χ0n) is 20.2. The molecule has 4 heterocycles. The molecule has 8 heteroatoms. The number of aromatic nitrogens is 4. The summed E-state index contributed by atoms with van der Waals surface area (Å²) in [7, 11) is 0. The zero-order chi connectivity index (χ0) is 24.5. The highest BCUT2D eigenvalue weighted by molar-refractivity contribution is 6.04. The molecule has 0 radical (unpaired) electrons. The highest BCUT2D eigenvalue weighted by Crippen LogP contribution is 2.39. The summed E-state index contributed by atoms with van der Waals surface area (Å²) in [6, 6.07) is 10.4. The minimum Gasteiger partial charge on any atom is -0.383 e. The van der Waals surface area contributed by atoms with Crippen LogP contribution < -0.4 is 11.1 Å². The van der Waals surface area contributed by atoms with Gasteiger partial charge in [0.15, 0.2) is 0 Å². The molecule has 1 fully saturated rings. The quantitative estimate of drug-likeness (QED) is 0.409. The van der Waals surface area contributed by atoms with Gasteiger partial charge in [-0.15, -0.1) is 0 Å². The second-order valence-corrected chi connectivity index (χ2v) is 9.67. The van der Waals surface area contributed by atoms with E-state index in [4.69, 9.17) is 15.6 Å². The summed E-state index contributed by atoms with van der Waals surface area (Å²) >= 11 is 0. The van der Waals surface area contributed by atoms with Crippen LogP contribution in [-0.4, -0.2) is 44.9 Å². The number of benzene rings is 1. The van der Waals surface area contributed by atoms with Crippen molar-refractivity contribution in [1.82, 2.24) is 25.1 Å². The van der Waals surface area contributed by atoms with Crippen molar-refractivity contribution < 1.29 is 9.53 Å². The van der Waals surface area contributed by atoms with Crippen molar-refractivity contribution in [2.75, 3.05) is 18.9 Å². The molecule has 2 bridgehead atoms. The first-order valence-corrected chi connectivity index (χ1v) is 12.7. The number of ether oxygens (including phenoxy) is 1. The van der Waals surface area contributed by atoms with Gasteiger partial charge in [-0.05, 0) is 44.2 Å². The molecule has 3 N–H and O–H groups in total. The van der Waals surface area contributed by atoms with E-state index in [0.717, 1.165) is 70.7 Å². The van der Waals surface area contributed by atoms with Crippen LogP contribution in [0.2, 0.25) is 0 Å². The van der Waals surface area contributed by atoms with Crippen molar-refractivity contribution in [3.63, 3.8) is 0 Å². The van der Waals surface area contributed by atoms with Gasteiger partial charge in [0.2, 0.25) is 5.91 Å². The Hall–Kier alpha value is -3.78. The molecular formula is C28H30N6O2. The fraction of sp³-hybridized carbons (Fsp3) is 0.357. The van der Waals surface area contributed by atoms with Crippen molar-refractivity contribution in [2.24, 2.45) is 0 Å². The van der Waals surface area contributed by atoms with E-state index in [1.165, 1.54) is 0 Å². The number of nitrogen functional groups attached to an aromatic ring is 1. The number of hydrogen-bond acceptors (Lipinski definition) is 6. The predicted molar refractivity (Wildman–Crippen MR) is 141 cm³/mol. The SMILES string of the molecule is Nc1ncc2c3c1c(-c1cnc4ccccc4c1)nn3[C@@H]1CCC[C@H](C1)NC(=O)CCOCC/C=C/2. The summed E-state index contributed by atoms with van der Waals surface area (Å²) in [5, 5.41) is 10.3. The second kappa shape index (κ2) is 9.70. The first-order chi connectivity index (χ1) is 17.7. The van der Waals surface area contributed by atoms with Gasteiger partial charge in [-0.3, -0.25) is 14.5 Å². The van der Waals surface area contributed by atoms with Crippen molar-refractivity contribution in [2.45, 2.75) is 50.6 Å². The first-order valence-electron chi connectivity index (χ1n) is 12.7. The van der Waals surface area contributed by atoms with Crippen LogP contribution in [0.4, 0.5) is 5.82 Å². The molecule has 3 aromatic heterocycles. The summed E-state index contributed by atoms with van der Waals surface area (Å²) in [6.45, 7) is 1.00. The van der Waals surface area contributed by atoms with Crippen LogP contribution in [0.25, 0.3) is 39.1 Å². The Bertz CT molecular complexity index is 1460. The van der Waals surface area contributed by atoms with Gasteiger partial charge in [0, 0.05) is 41.4 Å². The number of nitrogens with two attached hydrogens (primary N) is 1. The lowest BCUT2D eigenvalue weighted by Crippen LogP contribution is -2.39. The molecule has 1 aliphatic heterocycles. The molecule has 6 rings (SSSR count). The third kappa shape index (κ3) is 4.33. The number of rotatable bonds is 1.